The predicted molar refractivity (Wildman–Crippen MR) is 151 cm³/mol. The number of hydrogen-bond donors (Lipinski definition) is 1. The van der Waals surface area contributed by atoms with Crippen LogP contribution in [-0.4, -0.2) is 79.5 Å². The highest BCUT2D eigenvalue weighted by Gasteiger charge is 2.62. The number of piperidine rings is 2. The van der Waals surface area contributed by atoms with Gasteiger partial charge in [0, 0.05) is 51.5 Å². The lowest BCUT2D eigenvalue weighted by atomic mass is 9.82. The van der Waals surface area contributed by atoms with Gasteiger partial charge in [-0.05, 0) is 74.3 Å². The minimum absolute atomic E-state index is 0.0179. The number of aliphatic hydroxyl groups is 1. The molecule has 2 fully saturated rings. The molecule has 0 spiro atoms. The fourth-order valence-electron chi connectivity index (χ4n) is 5.94. The molecule has 1 atom stereocenters. The number of benzene rings is 2. The largest absolute Gasteiger partial charge is 0.573 e. The van der Waals surface area contributed by atoms with Crippen LogP contribution >= 0.6 is 11.6 Å². The Balaban J connectivity index is 1.33. The summed E-state index contributed by atoms with van der Waals surface area (Å²) in [5, 5.41) is 11.1. The van der Waals surface area contributed by atoms with Gasteiger partial charge in [0.1, 0.15) is 5.75 Å². The van der Waals surface area contributed by atoms with Crippen LogP contribution in [0.1, 0.15) is 48.0 Å². The molecule has 7 nitrogen and oxygen atoms in total. The third-order valence-corrected chi connectivity index (χ3v) is 8.66. The zero-order valence-corrected chi connectivity index (χ0v) is 25.0. The number of halogens is 7. The number of carbonyl (C=O) groups excluding carboxylic acids is 2. The van der Waals surface area contributed by atoms with Crippen molar-refractivity contribution in [3.05, 3.63) is 58.6 Å². The maximum absolute atomic E-state index is 14.1. The lowest BCUT2D eigenvalue weighted by molar-refractivity contribution is -0.274. The maximum Gasteiger partial charge on any atom is 0.573 e. The fourth-order valence-corrected chi connectivity index (χ4v) is 6.20. The highest BCUT2D eigenvalue weighted by molar-refractivity contribution is 6.34. The molecule has 0 saturated carbocycles. The number of ether oxygens (including phenoxy) is 1. The number of anilines is 1. The van der Waals surface area contributed by atoms with E-state index in [9.17, 15) is 41.0 Å². The quantitative estimate of drug-likeness (QED) is 0.360. The van der Waals surface area contributed by atoms with Crippen molar-refractivity contribution in [2.45, 2.75) is 50.2 Å². The Labute approximate surface area is 256 Å². The first-order valence-electron chi connectivity index (χ1n) is 14.2. The second-order valence-electron chi connectivity index (χ2n) is 11.5. The summed E-state index contributed by atoms with van der Waals surface area (Å²) >= 11 is 6.37. The number of hydrogen-bond acceptors (Lipinski definition) is 5. The van der Waals surface area contributed by atoms with E-state index >= 15 is 0 Å². The van der Waals surface area contributed by atoms with Gasteiger partial charge in [-0.3, -0.25) is 9.59 Å². The molecule has 2 aromatic rings. The zero-order valence-electron chi connectivity index (χ0n) is 24.2. The first-order valence-corrected chi connectivity index (χ1v) is 14.6. The van der Waals surface area contributed by atoms with Gasteiger partial charge in [0.15, 0.2) is 0 Å². The number of alkyl halides is 6. The number of rotatable bonds is 7. The summed E-state index contributed by atoms with van der Waals surface area (Å²) in [6.07, 6.45) is -7.16. The van der Waals surface area contributed by atoms with Crippen LogP contribution in [0.3, 0.4) is 0 Å². The van der Waals surface area contributed by atoms with Crippen molar-refractivity contribution in [1.82, 2.24) is 9.80 Å². The molecule has 2 aliphatic rings. The van der Waals surface area contributed by atoms with Gasteiger partial charge in [0.25, 0.3) is 17.4 Å². The molecule has 0 bridgehead atoms. The second kappa shape index (κ2) is 13.0. The van der Waals surface area contributed by atoms with Crippen molar-refractivity contribution >= 4 is 29.1 Å². The minimum Gasteiger partial charge on any atom is -0.406 e. The van der Waals surface area contributed by atoms with E-state index in [0.717, 1.165) is 61.1 Å². The van der Waals surface area contributed by atoms with Gasteiger partial charge >= 0.3 is 12.5 Å². The van der Waals surface area contributed by atoms with E-state index in [2.05, 4.69) is 9.64 Å². The van der Waals surface area contributed by atoms with Gasteiger partial charge in [-0.2, -0.15) is 13.2 Å². The maximum atomic E-state index is 14.1. The van der Waals surface area contributed by atoms with Crippen LogP contribution in [0.2, 0.25) is 5.02 Å². The molecule has 14 heteroatoms. The molecular weight excluding hydrogens is 616 g/mol. The smallest absolute Gasteiger partial charge is 0.406 e. The summed E-state index contributed by atoms with van der Waals surface area (Å²) in [6.45, 7) is 1.51. The van der Waals surface area contributed by atoms with E-state index in [1.54, 1.807) is 26.2 Å². The Morgan fingerprint density at radius 2 is 1.52 bits per heavy atom. The third-order valence-electron chi connectivity index (χ3n) is 8.34. The Kier molecular flexibility index (Phi) is 9.99. The van der Waals surface area contributed by atoms with E-state index in [0.29, 0.717) is 35.4 Å². The van der Waals surface area contributed by atoms with E-state index in [1.807, 2.05) is 6.07 Å². The summed E-state index contributed by atoms with van der Waals surface area (Å²) in [5.41, 5.74) is -3.73. The van der Waals surface area contributed by atoms with Crippen LogP contribution < -0.4 is 9.64 Å². The van der Waals surface area contributed by atoms with Crippen LogP contribution in [-0.2, 0) is 10.4 Å². The Morgan fingerprint density at radius 3 is 2.05 bits per heavy atom. The average Bonchev–Trinajstić information content (AvgIpc) is 2.95. The lowest BCUT2D eigenvalue weighted by Gasteiger charge is -2.40. The summed E-state index contributed by atoms with van der Waals surface area (Å²) in [4.78, 5) is 29.9. The van der Waals surface area contributed by atoms with E-state index in [4.69, 9.17) is 11.6 Å². The van der Waals surface area contributed by atoms with Gasteiger partial charge in [0.2, 0.25) is 0 Å². The van der Waals surface area contributed by atoms with E-state index < -0.39 is 35.4 Å². The number of carbonyl (C=O) groups is 2. The molecule has 2 saturated heterocycles. The number of nitrogens with zero attached hydrogens (tertiary/aromatic N) is 3. The number of likely N-dealkylation sites (tertiary alicyclic amines) is 1. The molecule has 0 unspecified atom stereocenters. The SMILES string of the molecule is CN(C)C(=O)c1ccc(N2CCC(CC3CCN(C(=O)[C@](O)(c4cccc(OC(F)(F)F)c4)C(F)(F)F)CC3)CC2)cc1Cl. The van der Waals surface area contributed by atoms with Gasteiger partial charge < -0.3 is 24.5 Å². The summed E-state index contributed by atoms with van der Waals surface area (Å²) in [7, 11) is 3.31. The normalized spacial score (nSPS) is 18.6. The molecule has 2 amide bonds. The molecule has 2 heterocycles. The minimum atomic E-state index is -5.49. The summed E-state index contributed by atoms with van der Waals surface area (Å²) in [6, 6.07) is 8.14. The Hall–Kier alpha value is -3.19. The lowest BCUT2D eigenvalue weighted by Crippen LogP contribution is -2.57. The second-order valence-corrected chi connectivity index (χ2v) is 12.0. The summed E-state index contributed by atoms with van der Waals surface area (Å²) in [5.74, 6) is -2.23. The molecule has 2 aliphatic heterocycles. The van der Waals surface area contributed by atoms with Gasteiger partial charge in [-0.15, -0.1) is 13.2 Å². The predicted octanol–water partition coefficient (Wildman–Crippen LogP) is 6.24. The third kappa shape index (κ3) is 7.53. The fraction of sp³-hybridized carbons (Fsp3) is 0.533. The zero-order chi connectivity index (χ0) is 32.4. The highest BCUT2D eigenvalue weighted by atomic mass is 35.5. The molecule has 242 valence electrons. The Bertz CT molecular complexity index is 1340. The van der Waals surface area contributed by atoms with Gasteiger partial charge in [-0.1, -0.05) is 23.7 Å². The molecule has 1 N–H and O–H groups in total. The molecular formula is C30H34ClF6N3O4. The Morgan fingerprint density at radius 1 is 0.932 bits per heavy atom. The van der Waals surface area contributed by atoms with Crippen molar-refractivity contribution < 1.29 is 45.8 Å². The van der Waals surface area contributed by atoms with Gasteiger partial charge in [0.05, 0.1) is 10.6 Å². The monoisotopic (exact) mass is 649 g/mol. The molecule has 0 aliphatic carbocycles. The molecule has 0 aromatic heterocycles. The van der Waals surface area contributed by atoms with Crippen molar-refractivity contribution in [3.8, 4) is 5.75 Å². The van der Waals surface area contributed by atoms with Crippen molar-refractivity contribution in [1.29, 1.82) is 0 Å². The first-order chi connectivity index (χ1) is 20.5. The highest BCUT2D eigenvalue weighted by Crippen LogP contribution is 2.43. The summed E-state index contributed by atoms with van der Waals surface area (Å²) < 4.78 is 84.0. The van der Waals surface area contributed by atoms with Crippen LogP contribution in [0.25, 0.3) is 0 Å². The van der Waals surface area contributed by atoms with Crippen molar-refractivity contribution in [2.75, 3.05) is 45.2 Å². The van der Waals surface area contributed by atoms with Crippen LogP contribution in [0.15, 0.2) is 42.5 Å². The van der Waals surface area contributed by atoms with Crippen LogP contribution in [0.4, 0.5) is 32.0 Å². The number of amides is 2. The topological polar surface area (TPSA) is 73.3 Å². The van der Waals surface area contributed by atoms with Crippen LogP contribution in [0.5, 0.6) is 5.75 Å². The van der Waals surface area contributed by atoms with Crippen LogP contribution in [0, 0.1) is 11.8 Å². The first kappa shape index (κ1) is 33.7. The average molecular weight is 650 g/mol. The molecule has 0 radical (unpaired) electrons. The standard InChI is InChI=1S/C30H34ClF6N3O4/c1-38(2)26(41)24-7-6-22(18-25(24)31)39-12-8-19(9-13-39)16-20-10-14-40(15-11-20)27(42)28(43,29(32,33)34)21-4-3-5-23(17-21)44-30(35,36)37/h3-7,17-20,43H,8-16H2,1-2H3/t28-/m1/s1. The molecule has 2 aromatic carbocycles. The van der Waals surface area contributed by atoms with E-state index in [1.165, 1.54) is 4.90 Å². The van der Waals surface area contributed by atoms with Crippen molar-refractivity contribution in [3.63, 3.8) is 0 Å². The van der Waals surface area contributed by atoms with E-state index in [-0.39, 0.29) is 24.9 Å². The van der Waals surface area contributed by atoms with Crippen molar-refractivity contribution in [2.24, 2.45) is 11.8 Å². The molecule has 4 rings (SSSR count). The molecule has 44 heavy (non-hydrogen) atoms. The van der Waals surface area contributed by atoms with Gasteiger partial charge in [-0.25, -0.2) is 0 Å².